The lowest BCUT2D eigenvalue weighted by atomic mass is 10.1. The Kier molecular flexibility index (Phi) is 4.49. The first-order chi connectivity index (χ1) is 11.7. The first-order valence-electron chi connectivity index (χ1n) is 9.63. The van der Waals surface area contributed by atoms with Crippen molar-refractivity contribution >= 4 is 17.3 Å². The third kappa shape index (κ3) is 3.16. The van der Waals surface area contributed by atoms with Crippen LogP contribution in [0, 0.1) is 5.92 Å². The molecule has 1 atom stereocenters. The summed E-state index contributed by atoms with van der Waals surface area (Å²) in [4.78, 5) is 20.1. The lowest BCUT2D eigenvalue weighted by Crippen LogP contribution is -2.52. The minimum absolute atomic E-state index is 0.00617. The van der Waals surface area contributed by atoms with Crippen LogP contribution in [0.15, 0.2) is 24.3 Å². The van der Waals surface area contributed by atoms with E-state index >= 15 is 0 Å². The van der Waals surface area contributed by atoms with Gasteiger partial charge in [-0.2, -0.15) is 0 Å². The molecule has 2 heterocycles. The molecule has 130 valence electrons. The number of anilines is 2. The number of hydrogen-bond donors (Lipinski definition) is 0. The second-order valence-corrected chi connectivity index (χ2v) is 7.64. The van der Waals surface area contributed by atoms with E-state index in [4.69, 9.17) is 0 Å². The highest BCUT2D eigenvalue weighted by Crippen LogP contribution is 2.37. The van der Waals surface area contributed by atoms with Crippen molar-refractivity contribution in [2.24, 2.45) is 5.92 Å². The lowest BCUT2D eigenvalue weighted by molar-refractivity contribution is -0.123. The van der Waals surface area contributed by atoms with Gasteiger partial charge in [0.05, 0.1) is 17.4 Å². The molecule has 0 radical (unpaired) electrons. The summed E-state index contributed by atoms with van der Waals surface area (Å²) >= 11 is 0. The lowest BCUT2D eigenvalue weighted by Gasteiger charge is -2.41. The molecule has 4 heteroatoms. The molecule has 0 spiro atoms. The van der Waals surface area contributed by atoms with Gasteiger partial charge in [-0.05, 0) is 63.7 Å². The molecule has 1 aromatic rings. The van der Waals surface area contributed by atoms with Gasteiger partial charge in [0.25, 0.3) is 0 Å². The van der Waals surface area contributed by atoms with Crippen LogP contribution in [-0.4, -0.2) is 49.6 Å². The summed E-state index contributed by atoms with van der Waals surface area (Å²) in [5, 5.41) is 0. The zero-order chi connectivity index (χ0) is 16.5. The summed E-state index contributed by atoms with van der Waals surface area (Å²) in [5.74, 6) is 1.14. The maximum Gasteiger partial charge on any atom is 0.244 e. The Morgan fingerprint density at radius 3 is 2.46 bits per heavy atom. The molecule has 1 saturated carbocycles. The average molecular weight is 327 g/mol. The van der Waals surface area contributed by atoms with E-state index in [-0.39, 0.29) is 11.9 Å². The van der Waals surface area contributed by atoms with E-state index in [1.54, 1.807) is 0 Å². The molecule has 0 aromatic heterocycles. The number of rotatable bonds is 4. The van der Waals surface area contributed by atoms with Crippen molar-refractivity contribution in [3.05, 3.63) is 24.3 Å². The van der Waals surface area contributed by atoms with E-state index in [2.05, 4.69) is 41.0 Å². The summed E-state index contributed by atoms with van der Waals surface area (Å²) in [6, 6.07) is 8.46. The van der Waals surface area contributed by atoms with Gasteiger partial charge in [-0.15, -0.1) is 0 Å². The summed E-state index contributed by atoms with van der Waals surface area (Å²) in [6.07, 6.45) is 6.49. The second kappa shape index (κ2) is 6.75. The number of piperidine rings is 1. The molecular formula is C20H29N3O. The zero-order valence-corrected chi connectivity index (χ0v) is 14.8. The number of para-hydroxylation sites is 2. The molecule has 24 heavy (non-hydrogen) atoms. The smallest absolute Gasteiger partial charge is 0.244 e. The Labute approximate surface area is 145 Å². The maximum atomic E-state index is 13.2. The van der Waals surface area contributed by atoms with Gasteiger partial charge < -0.3 is 9.80 Å². The fourth-order valence-electron chi connectivity index (χ4n) is 4.14. The number of benzene rings is 1. The van der Waals surface area contributed by atoms with Crippen LogP contribution in [0.25, 0.3) is 0 Å². The number of likely N-dealkylation sites (tertiary alicyclic amines) is 1. The van der Waals surface area contributed by atoms with Crippen LogP contribution < -0.4 is 9.80 Å². The second-order valence-electron chi connectivity index (χ2n) is 7.64. The summed E-state index contributed by atoms with van der Waals surface area (Å²) < 4.78 is 0. The SMILES string of the molecule is CC(C(=O)N1CCN(CC2CC2)c2ccccc21)N1CCCCC1. The van der Waals surface area contributed by atoms with Crippen LogP contribution in [0.2, 0.25) is 0 Å². The van der Waals surface area contributed by atoms with Crippen LogP contribution in [0.5, 0.6) is 0 Å². The molecule has 3 aliphatic rings. The predicted molar refractivity (Wildman–Crippen MR) is 98.6 cm³/mol. The molecule has 1 aliphatic carbocycles. The average Bonchev–Trinajstić information content (AvgIpc) is 3.46. The number of carbonyl (C=O) groups excluding carboxylic acids is 1. The van der Waals surface area contributed by atoms with Crippen LogP contribution >= 0.6 is 0 Å². The maximum absolute atomic E-state index is 13.2. The van der Waals surface area contributed by atoms with Crippen LogP contribution in [0.1, 0.15) is 39.0 Å². The van der Waals surface area contributed by atoms with E-state index in [1.165, 1.54) is 37.8 Å². The Bertz CT molecular complexity index is 592. The van der Waals surface area contributed by atoms with Gasteiger partial charge in [0.15, 0.2) is 0 Å². The predicted octanol–water partition coefficient (Wildman–Crippen LogP) is 3.12. The number of carbonyl (C=O) groups is 1. The fourth-order valence-corrected chi connectivity index (χ4v) is 4.14. The van der Waals surface area contributed by atoms with Crippen molar-refractivity contribution in [1.29, 1.82) is 0 Å². The Morgan fingerprint density at radius 1 is 1.04 bits per heavy atom. The molecule has 4 nitrogen and oxygen atoms in total. The van der Waals surface area contributed by atoms with Gasteiger partial charge in [0.2, 0.25) is 5.91 Å². The third-order valence-electron chi connectivity index (χ3n) is 5.84. The van der Waals surface area contributed by atoms with Crippen molar-refractivity contribution in [3.63, 3.8) is 0 Å². The molecule has 1 unspecified atom stereocenters. The van der Waals surface area contributed by atoms with Crippen molar-refractivity contribution < 1.29 is 4.79 Å². The van der Waals surface area contributed by atoms with E-state index in [1.807, 2.05) is 4.90 Å². The molecule has 0 bridgehead atoms. The van der Waals surface area contributed by atoms with E-state index in [9.17, 15) is 4.79 Å². The molecule has 2 aliphatic heterocycles. The first-order valence-corrected chi connectivity index (χ1v) is 9.63. The standard InChI is InChI=1S/C20H29N3O/c1-16(21-11-5-2-6-12-21)20(24)23-14-13-22(15-17-9-10-17)18-7-3-4-8-19(18)23/h3-4,7-8,16-17H,2,5-6,9-15H2,1H3. The number of hydrogen-bond acceptors (Lipinski definition) is 3. The molecule has 0 N–H and O–H groups in total. The molecule has 2 fully saturated rings. The quantitative estimate of drug-likeness (QED) is 0.850. The zero-order valence-electron chi connectivity index (χ0n) is 14.8. The van der Waals surface area contributed by atoms with Gasteiger partial charge in [0, 0.05) is 19.6 Å². The van der Waals surface area contributed by atoms with Crippen molar-refractivity contribution in [3.8, 4) is 0 Å². The molecule has 1 amide bonds. The van der Waals surface area contributed by atoms with E-state index < -0.39 is 0 Å². The third-order valence-corrected chi connectivity index (χ3v) is 5.84. The van der Waals surface area contributed by atoms with Crippen molar-refractivity contribution in [2.45, 2.75) is 45.1 Å². The van der Waals surface area contributed by atoms with Gasteiger partial charge in [-0.25, -0.2) is 0 Å². The van der Waals surface area contributed by atoms with Gasteiger partial charge in [0.1, 0.15) is 0 Å². The van der Waals surface area contributed by atoms with E-state index in [0.29, 0.717) is 0 Å². The molecule has 4 rings (SSSR count). The highest BCUT2D eigenvalue weighted by Gasteiger charge is 2.33. The van der Waals surface area contributed by atoms with Crippen molar-refractivity contribution in [2.75, 3.05) is 42.5 Å². The number of nitrogens with zero attached hydrogens (tertiary/aromatic N) is 3. The van der Waals surface area contributed by atoms with E-state index in [0.717, 1.165) is 44.3 Å². The monoisotopic (exact) mass is 327 g/mol. The largest absolute Gasteiger partial charge is 0.368 e. The highest BCUT2D eigenvalue weighted by molar-refractivity contribution is 6.00. The molecular weight excluding hydrogens is 298 g/mol. The minimum atomic E-state index is -0.00617. The number of amides is 1. The first kappa shape index (κ1) is 15.9. The summed E-state index contributed by atoms with van der Waals surface area (Å²) in [5.41, 5.74) is 2.35. The van der Waals surface area contributed by atoms with Crippen LogP contribution in [0.3, 0.4) is 0 Å². The number of fused-ring (bicyclic) bond motifs is 1. The van der Waals surface area contributed by atoms with Gasteiger partial charge in [-0.3, -0.25) is 9.69 Å². The van der Waals surface area contributed by atoms with Crippen molar-refractivity contribution in [1.82, 2.24) is 4.90 Å². The Hall–Kier alpha value is -1.55. The topological polar surface area (TPSA) is 26.8 Å². The summed E-state index contributed by atoms with van der Waals surface area (Å²) in [7, 11) is 0. The minimum Gasteiger partial charge on any atom is -0.368 e. The highest BCUT2D eigenvalue weighted by atomic mass is 16.2. The molecule has 1 saturated heterocycles. The van der Waals surface area contributed by atoms with Crippen LogP contribution in [-0.2, 0) is 4.79 Å². The Balaban J connectivity index is 1.53. The fraction of sp³-hybridized carbons (Fsp3) is 0.650. The molecule has 1 aromatic carbocycles. The summed E-state index contributed by atoms with van der Waals surface area (Å²) in [6.45, 7) is 7.16. The Morgan fingerprint density at radius 2 is 1.75 bits per heavy atom. The van der Waals surface area contributed by atoms with Crippen LogP contribution in [0.4, 0.5) is 11.4 Å². The van der Waals surface area contributed by atoms with Gasteiger partial charge >= 0.3 is 0 Å². The normalized spacial score (nSPS) is 23.0. The van der Waals surface area contributed by atoms with Gasteiger partial charge in [-0.1, -0.05) is 18.6 Å².